The molecule has 0 aromatic rings. The molecule has 4 nitrogen and oxygen atoms in total. The SMILES string of the molecule is CCC(C)C1NC(=O)C(C)N(CC(C)(C)SC)C1=O. The van der Waals surface area contributed by atoms with Gasteiger partial charge < -0.3 is 10.2 Å². The van der Waals surface area contributed by atoms with Gasteiger partial charge in [0.05, 0.1) is 0 Å². The highest BCUT2D eigenvalue weighted by Crippen LogP contribution is 2.26. The van der Waals surface area contributed by atoms with Crippen molar-refractivity contribution >= 4 is 23.6 Å². The molecule has 0 bridgehead atoms. The number of carbonyl (C=O) groups excluding carboxylic acids is 2. The van der Waals surface area contributed by atoms with Crippen molar-refractivity contribution in [1.82, 2.24) is 10.2 Å². The lowest BCUT2D eigenvalue weighted by molar-refractivity contribution is -0.150. The van der Waals surface area contributed by atoms with Gasteiger partial charge in [0.2, 0.25) is 11.8 Å². The summed E-state index contributed by atoms with van der Waals surface area (Å²) in [6.45, 7) is 10.7. The minimum absolute atomic E-state index is 0.0400. The molecule has 0 aromatic carbocycles. The second kappa shape index (κ2) is 6.16. The van der Waals surface area contributed by atoms with Gasteiger partial charge in [-0.05, 0) is 32.9 Å². The number of nitrogens with zero attached hydrogens (tertiary/aromatic N) is 1. The van der Waals surface area contributed by atoms with Crippen molar-refractivity contribution in [2.75, 3.05) is 12.8 Å². The lowest BCUT2D eigenvalue weighted by atomic mass is 9.94. The van der Waals surface area contributed by atoms with E-state index >= 15 is 0 Å². The summed E-state index contributed by atoms with van der Waals surface area (Å²) < 4.78 is -0.0401. The summed E-state index contributed by atoms with van der Waals surface area (Å²) in [5.74, 6) is 0.189. The topological polar surface area (TPSA) is 49.4 Å². The van der Waals surface area contributed by atoms with Gasteiger partial charge in [-0.3, -0.25) is 9.59 Å². The highest BCUT2D eigenvalue weighted by molar-refractivity contribution is 7.99. The molecule has 19 heavy (non-hydrogen) atoms. The Labute approximate surface area is 120 Å². The van der Waals surface area contributed by atoms with Gasteiger partial charge in [-0.25, -0.2) is 0 Å². The van der Waals surface area contributed by atoms with Crippen molar-refractivity contribution < 1.29 is 9.59 Å². The van der Waals surface area contributed by atoms with Crippen LogP contribution < -0.4 is 5.32 Å². The van der Waals surface area contributed by atoms with Gasteiger partial charge in [-0.2, -0.15) is 11.8 Å². The predicted molar refractivity (Wildman–Crippen MR) is 80.2 cm³/mol. The molecule has 1 rings (SSSR count). The molecule has 1 aliphatic rings. The number of amides is 2. The quantitative estimate of drug-likeness (QED) is 0.839. The predicted octanol–water partition coefficient (Wildman–Crippen LogP) is 1.89. The van der Waals surface area contributed by atoms with Crippen LogP contribution in [0.1, 0.15) is 41.0 Å². The van der Waals surface area contributed by atoms with Crippen LogP contribution in [-0.4, -0.2) is 46.3 Å². The molecule has 1 heterocycles. The van der Waals surface area contributed by atoms with Gasteiger partial charge in [0, 0.05) is 11.3 Å². The number of hydrogen-bond acceptors (Lipinski definition) is 3. The maximum Gasteiger partial charge on any atom is 0.246 e. The Morgan fingerprint density at radius 1 is 1.42 bits per heavy atom. The fourth-order valence-corrected chi connectivity index (χ4v) is 2.43. The van der Waals surface area contributed by atoms with E-state index in [1.165, 1.54) is 0 Å². The maximum absolute atomic E-state index is 12.6. The van der Waals surface area contributed by atoms with Crippen LogP contribution in [0.15, 0.2) is 0 Å². The van der Waals surface area contributed by atoms with E-state index in [0.717, 1.165) is 6.42 Å². The van der Waals surface area contributed by atoms with Crippen molar-refractivity contribution in [1.29, 1.82) is 0 Å². The molecule has 0 aromatic heterocycles. The normalized spacial score (nSPS) is 26.3. The van der Waals surface area contributed by atoms with Gasteiger partial charge in [-0.15, -0.1) is 0 Å². The van der Waals surface area contributed by atoms with Crippen LogP contribution in [0.5, 0.6) is 0 Å². The number of hydrogen-bond donors (Lipinski definition) is 1. The highest BCUT2D eigenvalue weighted by atomic mass is 32.2. The average molecular weight is 286 g/mol. The highest BCUT2D eigenvalue weighted by Gasteiger charge is 2.41. The molecule has 3 atom stereocenters. The number of nitrogens with one attached hydrogen (secondary N) is 1. The molecule has 1 saturated heterocycles. The molecule has 3 unspecified atom stereocenters. The summed E-state index contributed by atoms with van der Waals surface area (Å²) in [6.07, 6.45) is 2.91. The van der Waals surface area contributed by atoms with Gasteiger partial charge in [-0.1, -0.05) is 20.3 Å². The van der Waals surface area contributed by atoms with Crippen molar-refractivity contribution in [2.24, 2.45) is 5.92 Å². The maximum atomic E-state index is 12.6. The number of rotatable bonds is 5. The van der Waals surface area contributed by atoms with E-state index in [2.05, 4.69) is 19.2 Å². The zero-order chi connectivity index (χ0) is 14.8. The van der Waals surface area contributed by atoms with Gasteiger partial charge in [0.25, 0.3) is 0 Å². The fourth-order valence-electron chi connectivity index (χ4n) is 2.16. The second-order valence-electron chi connectivity index (χ2n) is 5.98. The molecule has 0 spiro atoms. The van der Waals surface area contributed by atoms with Crippen LogP contribution in [0.25, 0.3) is 0 Å². The van der Waals surface area contributed by atoms with Crippen LogP contribution in [-0.2, 0) is 9.59 Å². The van der Waals surface area contributed by atoms with E-state index in [1.807, 2.05) is 20.1 Å². The van der Waals surface area contributed by atoms with Gasteiger partial charge >= 0.3 is 0 Å². The smallest absolute Gasteiger partial charge is 0.246 e. The third-order valence-electron chi connectivity index (χ3n) is 4.01. The molecule has 0 radical (unpaired) electrons. The zero-order valence-corrected chi connectivity index (χ0v) is 13.6. The first-order valence-corrected chi connectivity index (χ1v) is 8.12. The lowest BCUT2D eigenvalue weighted by Crippen LogP contribution is -2.65. The Hall–Kier alpha value is -0.710. The summed E-state index contributed by atoms with van der Waals surface area (Å²) >= 11 is 1.72. The average Bonchev–Trinajstić information content (AvgIpc) is 2.38. The Balaban J connectivity index is 2.93. The number of thioether (sulfide) groups is 1. The molecule has 1 N–H and O–H groups in total. The molecule has 2 amide bonds. The Kier molecular flexibility index (Phi) is 5.30. The number of carbonyl (C=O) groups is 2. The molecular formula is C14H26N2O2S. The molecule has 110 valence electrons. The fraction of sp³-hybridized carbons (Fsp3) is 0.857. The van der Waals surface area contributed by atoms with Crippen LogP contribution in [0.3, 0.4) is 0 Å². The van der Waals surface area contributed by atoms with Crippen molar-refractivity contribution in [3.63, 3.8) is 0 Å². The molecule has 1 aliphatic heterocycles. The van der Waals surface area contributed by atoms with E-state index in [9.17, 15) is 9.59 Å². The minimum Gasteiger partial charge on any atom is -0.342 e. The first kappa shape index (κ1) is 16.3. The first-order chi connectivity index (χ1) is 8.73. The van der Waals surface area contributed by atoms with Crippen LogP contribution in [0.4, 0.5) is 0 Å². The van der Waals surface area contributed by atoms with E-state index in [1.54, 1.807) is 23.6 Å². The Morgan fingerprint density at radius 2 is 2.00 bits per heavy atom. The summed E-state index contributed by atoms with van der Waals surface area (Å²) in [4.78, 5) is 26.4. The largest absolute Gasteiger partial charge is 0.342 e. The summed E-state index contributed by atoms with van der Waals surface area (Å²) in [5, 5.41) is 2.86. The molecule has 0 saturated carbocycles. The van der Waals surface area contributed by atoms with E-state index in [-0.39, 0.29) is 34.6 Å². The monoisotopic (exact) mass is 286 g/mol. The second-order valence-corrected chi connectivity index (χ2v) is 7.49. The summed E-state index contributed by atoms with van der Waals surface area (Å²) in [5.41, 5.74) is 0. The van der Waals surface area contributed by atoms with Crippen molar-refractivity contribution in [2.45, 2.75) is 57.9 Å². The summed E-state index contributed by atoms with van der Waals surface area (Å²) in [7, 11) is 0. The van der Waals surface area contributed by atoms with Crippen LogP contribution in [0.2, 0.25) is 0 Å². The van der Waals surface area contributed by atoms with E-state index < -0.39 is 0 Å². The first-order valence-electron chi connectivity index (χ1n) is 6.89. The van der Waals surface area contributed by atoms with Gasteiger partial charge in [0.1, 0.15) is 12.1 Å². The standard InChI is InChI=1S/C14H26N2O2S/c1-7-9(2)11-13(18)16(8-14(4,5)19-6)10(3)12(17)15-11/h9-11H,7-8H2,1-6H3,(H,15,17). The van der Waals surface area contributed by atoms with Crippen LogP contribution >= 0.6 is 11.8 Å². The lowest BCUT2D eigenvalue weighted by Gasteiger charge is -2.42. The third-order valence-corrected chi connectivity index (χ3v) is 5.24. The molecule has 5 heteroatoms. The minimum atomic E-state index is -0.376. The van der Waals surface area contributed by atoms with Crippen LogP contribution in [0, 0.1) is 5.92 Å². The van der Waals surface area contributed by atoms with Crippen molar-refractivity contribution in [3.8, 4) is 0 Å². The Bertz CT molecular complexity index is 357. The molecule has 1 fully saturated rings. The van der Waals surface area contributed by atoms with Crippen molar-refractivity contribution in [3.05, 3.63) is 0 Å². The van der Waals surface area contributed by atoms with Gasteiger partial charge in [0.15, 0.2) is 0 Å². The number of piperazine rings is 1. The van der Waals surface area contributed by atoms with E-state index in [0.29, 0.717) is 6.54 Å². The Morgan fingerprint density at radius 3 is 2.47 bits per heavy atom. The molecule has 0 aliphatic carbocycles. The third kappa shape index (κ3) is 3.65. The molecular weight excluding hydrogens is 260 g/mol. The zero-order valence-electron chi connectivity index (χ0n) is 12.8. The summed E-state index contributed by atoms with van der Waals surface area (Å²) in [6, 6.07) is -0.745. The van der Waals surface area contributed by atoms with E-state index in [4.69, 9.17) is 0 Å².